The highest BCUT2D eigenvalue weighted by Gasteiger charge is 2.22. The summed E-state index contributed by atoms with van der Waals surface area (Å²) >= 11 is 0. The minimum absolute atomic E-state index is 0.162. The number of hydrazone groups is 1. The lowest BCUT2D eigenvalue weighted by molar-refractivity contribution is -0.131. The molecule has 130 valence electrons. The van der Waals surface area contributed by atoms with Crippen molar-refractivity contribution in [3.8, 4) is 0 Å². The van der Waals surface area contributed by atoms with Gasteiger partial charge in [0.25, 0.3) is 11.5 Å². The molecule has 2 heterocycles. The second-order valence-electron chi connectivity index (χ2n) is 6.02. The summed E-state index contributed by atoms with van der Waals surface area (Å²) in [5.41, 5.74) is 1.71. The molecule has 0 saturated carbocycles. The monoisotopic (exact) mass is 350 g/mol. The number of carbonyl (C=O) groups is 1. The molecule has 0 spiro atoms. The van der Waals surface area contributed by atoms with E-state index < -0.39 is 5.82 Å². The Hall–Kier alpha value is -3.35. The first kappa shape index (κ1) is 16.1. The fraction of sp³-hybridized carbons (Fsp3) is 0.158. The van der Waals surface area contributed by atoms with E-state index in [4.69, 9.17) is 0 Å². The highest BCUT2D eigenvalue weighted by molar-refractivity contribution is 6.02. The predicted molar refractivity (Wildman–Crippen MR) is 95.3 cm³/mol. The van der Waals surface area contributed by atoms with Crippen molar-refractivity contribution in [1.82, 2.24) is 14.6 Å². The Morgan fingerprint density at radius 3 is 2.77 bits per heavy atom. The molecule has 1 aromatic heterocycles. The second-order valence-corrected chi connectivity index (χ2v) is 6.02. The number of aromatic nitrogens is 2. The minimum atomic E-state index is -0.460. The molecule has 1 aliphatic heterocycles. The molecule has 1 amide bonds. The summed E-state index contributed by atoms with van der Waals surface area (Å²) in [4.78, 5) is 29.0. The van der Waals surface area contributed by atoms with Crippen LogP contribution in [0.1, 0.15) is 12.0 Å². The van der Waals surface area contributed by atoms with Crippen molar-refractivity contribution in [2.24, 2.45) is 5.10 Å². The summed E-state index contributed by atoms with van der Waals surface area (Å²) in [5, 5.41) is 6.03. The smallest absolute Gasteiger partial charge is 0.262 e. The van der Waals surface area contributed by atoms with Gasteiger partial charge in [-0.2, -0.15) is 5.10 Å². The zero-order valence-corrected chi connectivity index (χ0v) is 13.8. The van der Waals surface area contributed by atoms with Gasteiger partial charge in [0.1, 0.15) is 12.4 Å². The Bertz CT molecular complexity index is 1080. The van der Waals surface area contributed by atoms with Gasteiger partial charge in [-0.15, -0.1) is 0 Å². The van der Waals surface area contributed by atoms with Crippen LogP contribution in [0.2, 0.25) is 0 Å². The van der Waals surface area contributed by atoms with Gasteiger partial charge >= 0.3 is 0 Å². The standard InChI is InChI=1S/C19H15FN4O2/c20-14-6-7-15-17(10-14)21-12-23(19(15)26)11-18(25)24-9-8-16(22-24)13-4-2-1-3-5-13/h1-7,10,12H,8-9,11H2. The molecule has 26 heavy (non-hydrogen) atoms. The Kier molecular flexibility index (Phi) is 4.04. The first-order chi connectivity index (χ1) is 12.6. The number of fused-ring (bicyclic) bond motifs is 1. The molecule has 6 nitrogen and oxygen atoms in total. The van der Waals surface area contributed by atoms with E-state index in [-0.39, 0.29) is 28.9 Å². The number of benzene rings is 2. The van der Waals surface area contributed by atoms with E-state index in [1.165, 1.54) is 34.1 Å². The van der Waals surface area contributed by atoms with Crippen molar-refractivity contribution < 1.29 is 9.18 Å². The quantitative estimate of drug-likeness (QED) is 0.727. The first-order valence-electron chi connectivity index (χ1n) is 8.20. The van der Waals surface area contributed by atoms with Crippen LogP contribution in [0.25, 0.3) is 10.9 Å². The molecule has 0 radical (unpaired) electrons. The van der Waals surface area contributed by atoms with Crippen LogP contribution < -0.4 is 5.56 Å². The predicted octanol–water partition coefficient (Wildman–Crippen LogP) is 2.17. The Morgan fingerprint density at radius 2 is 1.96 bits per heavy atom. The van der Waals surface area contributed by atoms with Crippen LogP contribution in [0.4, 0.5) is 4.39 Å². The normalized spacial score (nSPS) is 13.9. The molecule has 0 saturated heterocycles. The maximum Gasteiger partial charge on any atom is 0.262 e. The van der Waals surface area contributed by atoms with Gasteiger partial charge in [0.05, 0.1) is 29.5 Å². The molecule has 3 aromatic rings. The first-order valence-corrected chi connectivity index (χ1v) is 8.20. The van der Waals surface area contributed by atoms with E-state index in [0.29, 0.717) is 13.0 Å². The number of halogens is 1. The molecule has 0 atom stereocenters. The SMILES string of the molecule is O=C(Cn1cnc2cc(F)ccc2c1=O)N1CCC(c2ccccc2)=N1. The van der Waals surface area contributed by atoms with Crippen molar-refractivity contribution >= 4 is 22.5 Å². The zero-order chi connectivity index (χ0) is 18.1. The lowest BCUT2D eigenvalue weighted by Gasteiger charge is -2.12. The van der Waals surface area contributed by atoms with Crippen LogP contribution in [0.15, 0.2) is 64.8 Å². The molecular weight excluding hydrogens is 335 g/mol. The van der Waals surface area contributed by atoms with Crippen LogP contribution in [0.3, 0.4) is 0 Å². The Morgan fingerprint density at radius 1 is 1.15 bits per heavy atom. The van der Waals surface area contributed by atoms with Crippen LogP contribution in [-0.2, 0) is 11.3 Å². The average molecular weight is 350 g/mol. The fourth-order valence-corrected chi connectivity index (χ4v) is 2.94. The van der Waals surface area contributed by atoms with E-state index >= 15 is 0 Å². The Labute approximate surface area is 148 Å². The third-order valence-electron chi connectivity index (χ3n) is 4.29. The van der Waals surface area contributed by atoms with E-state index in [2.05, 4.69) is 10.1 Å². The van der Waals surface area contributed by atoms with Gasteiger partial charge in [0.15, 0.2) is 0 Å². The highest BCUT2D eigenvalue weighted by Crippen LogP contribution is 2.14. The third-order valence-corrected chi connectivity index (χ3v) is 4.29. The van der Waals surface area contributed by atoms with Crippen molar-refractivity contribution in [3.63, 3.8) is 0 Å². The van der Waals surface area contributed by atoms with Gasteiger partial charge in [-0.3, -0.25) is 14.2 Å². The van der Waals surface area contributed by atoms with E-state index in [1.54, 1.807) is 0 Å². The largest absolute Gasteiger partial charge is 0.289 e. The van der Waals surface area contributed by atoms with E-state index in [1.807, 2.05) is 30.3 Å². The van der Waals surface area contributed by atoms with Crippen molar-refractivity contribution in [1.29, 1.82) is 0 Å². The van der Waals surface area contributed by atoms with Gasteiger partial charge in [0.2, 0.25) is 0 Å². The van der Waals surface area contributed by atoms with Gasteiger partial charge in [0, 0.05) is 12.5 Å². The number of hydrogen-bond acceptors (Lipinski definition) is 4. The molecule has 0 unspecified atom stereocenters. The lowest BCUT2D eigenvalue weighted by atomic mass is 10.1. The van der Waals surface area contributed by atoms with Crippen LogP contribution >= 0.6 is 0 Å². The average Bonchev–Trinajstić information content (AvgIpc) is 3.15. The van der Waals surface area contributed by atoms with Gasteiger partial charge in [-0.05, 0) is 17.7 Å². The van der Waals surface area contributed by atoms with Crippen LogP contribution in [0, 0.1) is 5.82 Å². The number of hydrogen-bond donors (Lipinski definition) is 0. The second kappa shape index (κ2) is 6.51. The van der Waals surface area contributed by atoms with Crippen LogP contribution in [-0.4, -0.2) is 32.7 Å². The van der Waals surface area contributed by atoms with Gasteiger partial charge in [-0.1, -0.05) is 30.3 Å². The maximum atomic E-state index is 13.2. The third kappa shape index (κ3) is 2.99. The van der Waals surface area contributed by atoms with Crippen molar-refractivity contribution in [2.75, 3.05) is 6.54 Å². The zero-order valence-electron chi connectivity index (χ0n) is 13.8. The molecule has 7 heteroatoms. The van der Waals surface area contributed by atoms with Gasteiger partial charge < -0.3 is 0 Å². The maximum absolute atomic E-state index is 13.2. The molecule has 1 aliphatic rings. The lowest BCUT2D eigenvalue weighted by Crippen LogP contribution is -2.32. The summed E-state index contributed by atoms with van der Waals surface area (Å²) in [5.74, 6) is -0.751. The molecule has 0 bridgehead atoms. The Balaban J connectivity index is 1.56. The number of amides is 1. The topological polar surface area (TPSA) is 67.6 Å². The molecule has 0 fully saturated rings. The van der Waals surface area contributed by atoms with Crippen molar-refractivity contribution in [3.05, 3.63) is 76.6 Å². The molecular formula is C19H15FN4O2. The fourth-order valence-electron chi connectivity index (χ4n) is 2.94. The number of rotatable bonds is 3. The molecule has 2 aromatic carbocycles. The van der Waals surface area contributed by atoms with E-state index in [0.717, 1.165) is 11.3 Å². The number of nitrogens with zero attached hydrogens (tertiary/aromatic N) is 4. The highest BCUT2D eigenvalue weighted by atomic mass is 19.1. The van der Waals surface area contributed by atoms with Crippen molar-refractivity contribution in [2.45, 2.75) is 13.0 Å². The summed E-state index contributed by atoms with van der Waals surface area (Å²) in [6, 6.07) is 13.4. The van der Waals surface area contributed by atoms with E-state index in [9.17, 15) is 14.0 Å². The van der Waals surface area contributed by atoms with Gasteiger partial charge in [-0.25, -0.2) is 14.4 Å². The van der Waals surface area contributed by atoms with Crippen LogP contribution in [0.5, 0.6) is 0 Å². The number of carbonyl (C=O) groups excluding carboxylic acids is 1. The summed E-state index contributed by atoms with van der Waals surface area (Å²) in [7, 11) is 0. The molecule has 0 aliphatic carbocycles. The molecule has 4 rings (SSSR count). The summed E-state index contributed by atoms with van der Waals surface area (Å²) in [6.07, 6.45) is 1.93. The molecule has 0 N–H and O–H groups in total. The summed E-state index contributed by atoms with van der Waals surface area (Å²) in [6.45, 7) is 0.314. The minimum Gasteiger partial charge on any atom is -0.289 e. The summed E-state index contributed by atoms with van der Waals surface area (Å²) < 4.78 is 14.5.